The lowest BCUT2D eigenvalue weighted by Crippen LogP contribution is -2.28. The lowest BCUT2D eigenvalue weighted by Gasteiger charge is -2.18. The number of rotatable bonds is 5. The third kappa shape index (κ3) is 3.61. The fourth-order valence-electron chi connectivity index (χ4n) is 4.50. The standard InChI is InChI=1S/C24H24N2O2S/c27-13-19-11-17(22-4-2-1-3-21(22)16-5-6-16)7-8-20(19)18-9-10-26(12-18)24(28)23-14-29-15-25-23/h1-4,7-8,11,14-16,18,27H,5-6,9-10,12-13H2. The maximum Gasteiger partial charge on any atom is 0.273 e. The molecule has 2 heterocycles. The Kier molecular flexibility index (Phi) is 4.94. The van der Waals surface area contributed by atoms with Crippen LogP contribution in [0, 0.1) is 0 Å². The van der Waals surface area contributed by atoms with Crippen molar-refractivity contribution in [3.63, 3.8) is 0 Å². The molecule has 0 spiro atoms. The molecule has 0 bridgehead atoms. The van der Waals surface area contributed by atoms with E-state index in [1.807, 2.05) is 4.90 Å². The summed E-state index contributed by atoms with van der Waals surface area (Å²) in [4.78, 5) is 18.6. The Morgan fingerprint density at radius 2 is 1.97 bits per heavy atom. The van der Waals surface area contributed by atoms with Crippen LogP contribution in [0.1, 0.15) is 58.3 Å². The lowest BCUT2D eigenvalue weighted by molar-refractivity contribution is 0.0785. The number of amides is 1. The van der Waals surface area contributed by atoms with E-state index in [2.05, 4.69) is 47.4 Å². The van der Waals surface area contributed by atoms with E-state index in [1.54, 1.807) is 10.9 Å². The average Bonchev–Trinajstić information content (AvgIpc) is 3.26. The molecule has 1 aliphatic heterocycles. The van der Waals surface area contributed by atoms with Gasteiger partial charge in [-0.1, -0.05) is 36.4 Å². The van der Waals surface area contributed by atoms with E-state index in [0.29, 0.717) is 18.2 Å². The molecule has 2 aliphatic rings. The van der Waals surface area contributed by atoms with Gasteiger partial charge in [0.05, 0.1) is 12.1 Å². The Balaban J connectivity index is 1.40. The first kappa shape index (κ1) is 18.5. The number of hydrogen-bond donors (Lipinski definition) is 1. The van der Waals surface area contributed by atoms with E-state index in [9.17, 15) is 9.90 Å². The molecule has 29 heavy (non-hydrogen) atoms. The van der Waals surface area contributed by atoms with E-state index in [-0.39, 0.29) is 18.4 Å². The fourth-order valence-corrected chi connectivity index (χ4v) is 5.02. The summed E-state index contributed by atoms with van der Waals surface area (Å²) < 4.78 is 0. The summed E-state index contributed by atoms with van der Waals surface area (Å²) in [5.74, 6) is 0.949. The molecule has 5 heteroatoms. The van der Waals surface area contributed by atoms with E-state index in [1.165, 1.54) is 40.9 Å². The minimum Gasteiger partial charge on any atom is -0.392 e. The molecule has 1 N–H and O–H groups in total. The number of aromatic nitrogens is 1. The third-order valence-corrected chi connectivity index (χ3v) is 6.76. The highest BCUT2D eigenvalue weighted by atomic mass is 32.1. The van der Waals surface area contributed by atoms with E-state index in [4.69, 9.17) is 0 Å². The first-order valence-electron chi connectivity index (χ1n) is 10.2. The van der Waals surface area contributed by atoms with Crippen LogP contribution in [-0.4, -0.2) is 34.0 Å². The number of nitrogens with zero attached hydrogens (tertiary/aromatic N) is 2. The highest BCUT2D eigenvalue weighted by molar-refractivity contribution is 7.07. The molecule has 1 atom stereocenters. The summed E-state index contributed by atoms with van der Waals surface area (Å²) in [6.45, 7) is 1.44. The summed E-state index contributed by atoms with van der Waals surface area (Å²) in [5.41, 5.74) is 8.24. The minimum absolute atomic E-state index is 0.00859. The molecular formula is C24H24N2O2S. The van der Waals surface area contributed by atoms with Crippen molar-refractivity contribution in [3.05, 3.63) is 75.7 Å². The van der Waals surface area contributed by atoms with Gasteiger partial charge in [-0.2, -0.15) is 0 Å². The zero-order valence-electron chi connectivity index (χ0n) is 16.3. The predicted molar refractivity (Wildman–Crippen MR) is 115 cm³/mol. The van der Waals surface area contributed by atoms with Crippen LogP contribution >= 0.6 is 11.3 Å². The van der Waals surface area contributed by atoms with Crippen molar-refractivity contribution >= 4 is 17.2 Å². The number of carbonyl (C=O) groups excluding carboxylic acids is 1. The molecule has 3 aromatic rings. The van der Waals surface area contributed by atoms with Gasteiger partial charge in [0.2, 0.25) is 0 Å². The molecule has 1 saturated carbocycles. The topological polar surface area (TPSA) is 53.4 Å². The van der Waals surface area contributed by atoms with Gasteiger partial charge in [0.1, 0.15) is 5.69 Å². The molecular weight excluding hydrogens is 380 g/mol. The number of carbonyl (C=O) groups is 1. The van der Waals surface area contributed by atoms with Gasteiger partial charge in [-0.25, -0.2) is 4.98 Å². The van der Waals surface area contributed by atoms with Gasteiger partial charge in [0.25, 0.3) is 5.91 Å². The van der Waals surface area contributed by atoms with Crippen molar-refractivity contribution in [3.8, 4) is 11.1 Å². The van der Waals surface area contributed by atoms with Crippen LogP contribution in [-0.2, 0) is 6.61 Å². The Morgan fingerprint density at radius 3 is 2.72 bits per heavy atom. The van der Waals surface area contributed by atoms with Gasteiger partial charge in [0, 0.05) is 24.4 Å². The number of benzene rings is 2. The fraction of sp³-hybridized carbons (Fsp3) is 0.333. The molecule has 148 valence electrons. The number of aliphatic hydroxyl groups excluding tert-OH is 1. The Bertz CT molecular complexity index is 1030. The maximum atomic E-state index is 12.6. The Labute approximate surface area is 174 Å². The first-order chi connectivity index (χ1) is 14.2. The Morgan fingerprint density at radius 1 is 1.10 bits per heavy atom. The molecule has 1 amide bonds. The summed E-state index contributed by atoms with van der Waals surface area (Å²) in [5, 5.41) is 11.9. The zero-order valence-corrected chi connectivity index (χ0v) is 17.1. The number of likely N-dealkylation sites (tertiary alicyclic amines) is 1. The van der Waals surface area contributed by atoms with Gasteiger partial charge in [-0.05, 0) is 59.1 Å². The zero-order chi connectivity index (χ0) is 19.8. The van der Waals surface area contributed by atoms with Crippen LogP contribution in [0.15, 0.2) is 53.4 Å². The van der Waals surface area contributed by atoms with Crippen LogP contribution in [0.25, 0.3) is 11.1 Å². The van der Waals surface area contributed by atoms with Crippen LogP contribution in [0.2, 0.25) is 0 Å². The van der Waals surface area contributed by atoms with Gasteiger partial charge in [-0.15, -0.1) is 11.3 Å². The predicted octanol–water partition coefficient (Wildman–Crippen LogP) is 4.81. The van der Waals surface area contributed by atoms with Crippen LogP contribution in [0.3, 0.4) is 0 Å². The van der Waals surface area contributed by atoms with Crippen LogP contribution < -0.4 is 0 Å². The van der Waals surface area contributed by atoms with E-state index < -0.39 is 0 Å². The van der Waals surface area contributed by atoms with Crippen molar-refractivity contribution in [2.45, 2.75) is 37.7 Å². The second-order valence-electron chi connectivity index (χ2n) is 8.04. The molecule has 2 aromatic carbocycles. The van der Waals surface area contributed by atoms with Gasteiger partial charge in [0.15, 0.2) is 0 Å². The van der Waals surface area contributed by atoms with Crippen LogP contribution in [0.4, 0.5) is 0 Å². The highest BCUT2D eigenvalue weighted by Gasteiger charge is 2.30. The van der Waals surface area contributed by atoms with Crippen molar-refractivity contribution in [2.24, 2.45) is 0 Å². The van der Waals surface area contributed by atoms with Crippen molar-refractivity contribution in [1.82, 2.24) is 9.88 Å². The van der Waals surface area contributed by atoms with Crippen molar-refractivity contribution < 1.29 is 9.90 Å². The smallest absolute Gasteiger partial charge is 0.273 e. The van der Waals surface area contributed by atoms with Crippen molar-refractivity contribution in [1.29, 1.82) is 0 Å². The largest absolute Gasteiger partial charge is 0.392 e. The molecule has 1 aromatic heterocycles. The summed E-state index contributed by atoms with van der Waals surface area (Å²) in [7, 11) is 0. The van der Waals surface area contributed by atoms with Gasteiger partial charge < -0.3 is 10.0 Å². The molecule has 1 unspecified atom stereocenters. The molecule has 0 radical (unpaired) electrons. The lowest BCUT2D eigenvalue weighted by atomic mass is 9.89. The quantitative estimate of drug-likeness (QED) is 0.664. The normalized spacial score (nSPS) is 18.9. The van der Waals surface area contributed by atoms with E-state index >= 15 is 0 Å². The van der Waals surface area contributed by atoms with Gasteiger partial charge >= 0.3 is 0 Å². The molecule has 1 aliphatic carbocycles. The summed E-state index contributed by atoms with van der Waals surface area (Å²) in [6, 6.07) is 15.1. The van der Waals surface area contributed by atoms with Gasteiger partial charge in [-0.3, -0.25) is 4.79 Å². The molecule has 2 fully saturated rings. The Hall–Kier alpha value is -2.50. The molecule has 4 nitrogen and oxygen atoms in total. The minimum atomic E-state index is 0.00859. The number of thiazole rings is 1. The maximum absolute atomic E-state index is 12.6. The molecule has 5 rings (SSSR count). The van der Waals surface area contributed by atoms with E-state index in [0.717, 1.165) is 24.1 Å². The average molecular weight is 405 g/mol. The number of hydrogen-bond acceptors (Lipinski definition) is 4. The summed E-state index contributed by atoms with van der Waals surface area (Å²) in [6.07, 6.45) is 3.46. The summed E-state index contributed by atoms with van der Waals surface area (Å²) >= 11 is 1.45. The number of aliphatic hydroxyl groups is 1. The second kappa shape index (κ2) is 7.73. The first-order valence-corrected chi connectivity index (χ1v) is 11.2. The van der Waals surface area contributed by atoms with Crippen LogP contribution in [0.5, 0.6) is 0 Å². The monoisotopic (exact) mass is 404 g/mol. The SMILES string of the molecule is O=C(c1cscn1)N1CCC(c2ccc(-c3ccccc3C3CC3)cc2CO)C1. The highest BCUT2D eigenvalue weighted by Crippen LogP contribution is 2.44. The third-order valence-electron chi connectivity index (χ3n) is 6.17. The van der Waals surface area contributed by atoms with Crippen molar-refractivity contribution in [2.75, 3.05) is 13.1 Å². The second-order valence-corrected chi connectivity index (χ2v) is 8.76. The molecule has 1 saturated heterocycles.